The van der Waals surface area contributed by atoms with E-state index in [-0.39, 0.29) is 11.8 Å². The molecule has 2 saturated heterocycles. The summed E-state index contributed by atoms with van der Waals surface area (Å²) in [5.74, 6) is 0.903. The monoisotopic (exact) mass is 408 g/mol. The highest BCUT2D eigenvalue weighted by molar-refractivity contribution is 6.00. The summed E-state index contributed by atoms with van der Waals surface area (Å²) in [7, 11) is 1.63. The molecule has 2 fully saturated rings. The molecule has 4 rings (SSSR count). The lowest BCUT2D eigenvalue weighted by Gasteiger charge is -2.36. The number of nitrogens with one attached hydrogen (secondary N) is 1. The van der Waals surface area contributed by atoms with E-state index in [1.807, 2.05) is 54.3 Å². The number of ether oxygens (including phenoxy) is 2. The molecule has 2 aliphatic rings. The molecule has 0 spiro atoms. The second-order valence-corrected chi connectivity index (χ2v) is 8.03. The summed E-state index contributed by atoms with van der Waals surface area (Å²) < 4.78 is 10.8. The minimum atomic E-state index is -0.637. The van der Waals surface area contributed by atoms with Gasteiger partial charge in [0.2, 0.25) is 11.8 Å². The van der Waals surface area contributed by atoms with Gasteiger partial charge in [0.25, 0.3) is 0 Å². The van der Waals surface area contributed by atoms with Gasteiger partial charge in [-0.15, -0.1) is 0 Å². The summed E-state index contributed by atoms with van der Waals surface area (Å²) in [5, 5.41) is 3.12. The third kappa shape index (κ3) is 3.79. The highest BCUT2D eigenvalue weighted by Gasteiger charge is 2.41. The zero-order chi connectivity index (χ0) is 21.1. The van der Waals surface area contributed by atoms with Crippen LogP contribution < -0.4 is 15.0 Å². The number of methoxy groups -OCH3 is 1. The number of carbonyl (C=O) groups is 2. The number of amides is 2. The van der Waals surface area contributed by atoms with Gasteiger partial charge in [-0.2, -0.15) is 0 Å². The summed E-state index contributed by atoms with van der Waals surface area (Å²) in [5.41, 5.74) is 2.98. The molecule has 30 heavy (non-hydrogen) atoms. The number of benzene rings is 2. The molecule has 2 aromatic rings. The van der Waals surface area contributed by atoms with Crippen LogP contribution in [0.15, 0.2) is 42.5 Å². The van der Waals surface area contributed by atoms with E-state index in [0.717, 1.165) is 41.2 Å². The molecule has 2 aliphatic heterocycles. The van der Waals surface area contributed by atoms with Gasteiger partial charge in [0, 0.05) is 37.6 Å². The molecule has 0 atom stereocenters. The molecule has 6 nitrogen and oxygen atoms in total. The van der Waals surface area contributed by atoms with Gasteiger partial charge in [0.15, 0.2) is 0 Å². The van der Waals surface area contributed by atoms with Crippen molar-refractivity contribution in [2.24, 2.45) is 0 Å². The molecule has 2 heterocycles. The fourth-order valence-electron chi connectivity index (χ4n) is 4.47. The molecule has 0 radical (unpaired) electrons. The minimum Gasteiger partial charge on any atom is -0.497 e. The average molecular weight is 408 g/mol. The first-order valence-electron chi connectivity index (χ1n) is 10.5. The van der Waals surface area contributed by atoms with Crippen LogP contribution in [0.25, 0.3) is 0 Å². The summed E-state index contributed by atoms with van der Waals surface area (Å²) in [4.78, 5) is 27.4. The lowest BCUT2D eigenvalue weighted by Crippen LogP contribution is -2.44. The van der Waals surface area contributed by atoms with E-state index in [1.165, 1.54) is 0 Å². The Kier molecular flexibility index (Phi) is 5.77. The van der Waals surface area contributed by atoms with Crippen LogP contribution in [0.3, 0.4) is 0 Å². The van der Waals surface area contributed by atoms with Gasteiger partial charge in [-0.05, 0) is 67.6 Å². The molecule has 1 N–H and O–H groups in total. The van der Waals surface area contributed by atoms with Crippen LogP contribution in [0.2, 0.25) is 0 Å². The van der Waals surface area contributed by atoms with Crippen LogP contribution in [0.4, 0.5) is 11.4 Å². The molecule has 2 aromatic carbocycles. The van der Waals surface area contributed by atoms with Gasteiger partial charge < -0.3 is 19.7 Å². The van der Waals surface area contributed by atoms with E-state index in [0.29, 0.717) is 32.5 Å². The molecule has 0 bridgehead atoms. The molecular weight excluding hydrogens is 380 g/mol. The first-order valence-corrected chi connectivity index (χ1v) is 10.5. The molecular formula is C24H28N2O4. The van der Waals surface area contributed by atoms with Gasteiger partial charge in [0.05, 0.1) is 12.5 Å². The van der Waals surface area contributed by atoms with Crippen LogP contribution in [-0.4, -0.2) is 38.7 Å². The Morgan fingerprint density at radius 1 is 1.13 bits per heavy atom. The number of hydrogen-bond acceptors (Lipinski definition) is 4. The Morgan fingerprint density at radius 2 is 1.87 bits per heavy atom. The fraction of sp³-hybridized carbons (Fsp3) is 0.417. The Balaban J connectivity index is 1.58. The maximum absolute atomic E-state index is 13.5. The van der Waals surface area contributed by atoms with Crippen molar-refractivity contribution >= 4 is 23.2 Å². The third-order valence-corrected chi connectivity index (χ3v) is 6.24. The third-order valence-electron chi connectivity index (χ3n) is 6.24. The van der Waals surface area contributed by atoms with Crippen molar-refractivity contribution in [2.45, 2.75) is 38.0 Å². The van der Waals surface area contributed by atoms with Gasteiger partial charge in [-0.1, -0.05) is 12.1 Å². The predicted octanol–water partition coefficient (Wildman–Crippen LogP) is 3.82. The molecule has 2 amide bonds. The van der Waals surface area contributed by atoms with Crippen molar-refractivity contribution in [2.75, 3.05) is 37.1 Å². The molecule has 6 heteroatoms. The highest BCUT2D eigenvalue weighted by atomic mass is 16.5. The summed E-state index contributed by atoms with van der Waals surface area (Å²) >= 11 is 0. The van der Waals surface area contributed by atoms with E-state index >= 15 is 0 Å². The Hall–Kier alpha value is -2.86. The summed E-state index contributed by atoms with van der Waals surface area (Å²) in [6.07, 6.45) is 2.75. The fourth-order valence-corrected chi connectivity index (χ4v) is 4.47. The van der Waals surface area contributed by atoms with Crippen molar-refractivity contribution < 1.29 is 19.1 Å². The Labute approximate surface area is 177 Å². The average Bonchev–Trinajstić information content (AvgIpc) is 3.20. The van der Waals surface area contributed by atoms with Crippen LogP contribution in [0.1, 0.15) is 36.8 Å². The lowest BCUT2D eigenvalue weighted by atomic mass is 9.73. The highest BCUT2D eigenvalue weighted by Crippen LogP contribution is 2.37. The number of rotatable bonds is 5. The molecule has 0 aromatic heterocycles. The predicted molar refractivity (Wildman–Crippen MR) is 116 cm³/mol. The SMILES string of the molecule is COc1ccc(C2(C(=O)Nc3ccc(N4CCCC4=O)c(C)c3)CCOCC2)cc1. The molecule has 158 valence electrons. The van der Waals surface area contributed by atoms with Gasteiger partial charge in [0.1, 0.15) is 5.75 Å². The van der Waals surface area contributed by atoms with Gasteiger partial charge in [-0.25, -0.2) is 0 Å². The van der Waals surface area contributed by atoms with Crippen LogP contribution >= 0.6 is 0 Å². The quantitative estimate of drug-likeness (QED) is 0.817. The zero-order valence-corrected chi connectivity index (χ0v) is 17.6. The number of hydrogen-bond donors (Lipinski definition) is 1. The van der Waals surface area contributed by atoms with Crippen LogP contribution in [-0.2, 0) is 19.7 Å². The normalized spacial score (nSPS) is 18.3. The molecule has 0 saturated carbocycles. The standard InChI is InChI=1S/C24H28N2O4/c1-17-16-19(7-10-21(17)26-13-3-4-22(26)27)25-23(28)24(11-14-30-15-12-24)18-5-8-20(29-2)9-6-18/h5-10,16H,3-4,11-15H2,1-2H3,(H,25,28). The van der Waals surface area contributed by atoms with E-state index in [1.54, 1.807) is 7.11 Å². The van der Waals surface area contributed by atoms with E-state index in [2.05, 4.69) is 5.32 Å². The largest absolute Gasteiger partial charge is 0.497 e. The second-order valence-electron chi connectivity index (χ2n) is 8.03. The smallest absolute Gasteiger partial charge is 0.235 e. The number of anilines is 2. The van der Waals surface area contributed by atoms with Crippen LogP contribution in [0, 0.1) is 6.92 Å². The van der Waals surface area contributed by atoms with Crippen molar-refractivity contribution in [3.8, 4) is 5.75 Å². The first kappa shape index (κ1) is 20.4. The zero-order valence-electron chi connectivity index (χ0n) is 17.6. The lowest BCUT2D eigenvalue weighted by molar-refractivity contribution is -0.125. The summed E-state index contributed by atoms with van der Waals surface area (Å²) in [6.45, 7) is 3.83. The Morgan fingerprint density at radius 3 is 2.47 bits per heavy atom. The van der Waals surface area contributed by atoms with Gasteiger partial charge in [-0.3, -0.25) is 9.59 Å². The van der Waals surface area contributed by atoms with Crippen molar-refractivity contribution in [1.29, 1.82) is 0 Å². The maximum Gasteiger partial charge on any atom is 0.235 e. The van der Waals surface area contributed by atoms with Crippen molar-refractivity contribution in [1.82, 2.24) is 0 Å². The van der Waals surface area contributed by atoms with Crippen LogP contribution in [0.5, 0.6) is 5.75 Å². The van der Waals surface area contributed by atoms with E-state index in [4.69, 9.17) is 9.47 Å². The number of carbonyl (C=O) groups excluding carboxylic acids is 2. The van der Waals surface area contributed by atoms with Crippen molar-refractivity contribution in [3.63, 3.8) is 0 Å². The van der Waals surface area contributed by atoms with E-state index in [9.17, 15) is 9.59 Å². The summed E-state index contributed by atoms with van der Waals surface area (Å²) in [6, 6.07) is 13.5. The first-order chi connectivity index (χ1) is 14.5. The maximum atomic E-state index is 13.5. The topological polar surface area (TPSA) is 67.9 Å². The minimum absolute atomic E-state index is 0.0274. The molecule has 0 aliphatic carbocycles. The van der Waals surface area contributed by atoms with Gasteiger partial charge >= 0.3 is 0 Å². The molecule has 0 unspecified atom stereocenters. The van der Waals surface area contributed by atoms with E-state index < -0.39 is 5.41 Å². The van der Waals surface area contributed by atoms with Crippen molar-refractivity contribution in [3.05, 3.63) is 53.6 Å². The Bertz CT molecular complexity index is 933. The number of aryl methyl sites for hydroxylation is 1. The number of nitrogens with zero attached hydrogens (tertiary/aromatic N) is 1. The second kappa shape index (κ2) is 8.48.